The fourth-order valence-electron chi connectivity index (χ4n) is 3.52. The summed E-state index contributed by atoms with van der Waals surface area (Å²) in [6.07, 6.45) is 1.63. The molecule has 1 atom stereocenters. The van der Waals surface area contributed by atoms with Crippen LogP contribution in [0.2, 0.25) is 0 Å². The Morgan fingerprint density at radius 1 is 1.32 bits per heavy atom. The third kappa shape index (κ3) is 4.79. The standard InChI is InChI=1S/C22H22F3N7O2/c1-21(2,34)18(23)11-29-20(33)14-9-27-16(4-15(14)31-13-5-22(24,25)6-13)17-10-28-19-3-12(7-26)8-30-32(17)19/h3-4,8-10,13,18,34H,5-6,11H2,1-2H3,(H,27,31)(H,29,33)/t18-/m1/s1. The highest BCUT2D eigenvalue weighted by molar-refractivity contribution is 6.00. The maximum Gasteiger partial charge on any atom is 0.255 e. The first-order chi connectivity index (χ1) is 16.0. The number of nitriles is 1. The molecule has 3 N–H and O–H groups in total. The fourth-order valence-corrected chi connectivity index (χ4v) is 3.52. The number of nitrogens with one attached hydrogen (secondary N) is 2. The molecule has 0 spiro atoms. The van der Waals surface area contributed by atoms with Crippen LogP contribution in [-0.2, 0) is 0 Å². The number of anilines is 1. The predicted molar refractivity (Wildman–Crippen MR) is 116 cm³/mol. The van der Waals surface area contributed by atoms with E-state index in [4.69, 9.17) is 5.26 Å². The van der Waals surface area contributed by atoms with Crippen LogP contribution in [0, 0.1) is 11.3 Å². The number of halogens is 3. The van der Waals surface area contributed by atoms with Gasteiger partial charge in [0.2, 0.25) is 0 Å². The molecule has 3 heterocycles. The lowest BCUT2D eigenvalue weighted by atomic mass is 9.88. The van der Waals surface area contributed by atoms with Crippen molar-refractivity contribution in [2.24, 2.45) is 0 Å². The number of hydrogen-bond donors (Lipinski definition) is 3. The predicted octanol–water partition coefficient (Wildman–Crippen LogP) is 2.71. The van der Waals surface area contributed by atoms with E-state index in [2.05, 4.69) is 25.7 Å². The number of nitrogens with zero attached hydrogens (tertiary/aromatic N) is 5. The van der Waals surface area contributed by atoms with Gasteiger partial charge in [-0.15, -0.1) is 0 Å². The number of fused-ring (bicyclic) bond motifs is 1. The highest BCUT2D eigenvalue weighted by Gasteiger charge is 2.45. The van der Waals surface area contributed by atoms with Crippen LogP contribution in [0.25, 0.3) is 17.0 Å². The molecule has 0 unspecified atom stereocenters. The van der Waals surface area contributed by atoms with Crippen molar-refractivity contribution < 1.29 is 23.1 Å². The lowest BCUT2D eigenvalue weighted by Crippen LogP contribution is -2.45. The van der Waals surface area contributed by atoms with Gasteiger partial charge in [0.1, 0.15) is 17.9 Å². The van der Waals surface area contributed by atoms with Gasteiger partial charge in [-0.3, -0.25) is 9.78 Å². The Hall–Kier alpha value is -3.72. The second-order valence-electron chi connectivity index (χ2n) is 8.82. The van der Waals surface area contributed by atoms with Crippen LogP contribution in [0.4, 0.5) is 18.9 Å². The fraction of sp³-hybridized carbons (Fsp3) is 0.409. The van der Waals surface area contributed by atoms with Crippen LogP contribution < -0.4 is 10.6 Å². The Morgan fingerprint density at radius 3 is 2.71 bits per heavy atom. The second-order valence-corrected chi connectivity index (χ2v) is 8.82. The van der Waals surface area contributed by atoms with Crippen LogP contribution in [0.3, 0.4) is 0 Å². The molecule has 1 saturated carbocycles. The van der Waals surface area contributed by atoms with Crippen molar-refractivity contribution in [1.82, 2.24) is 24.9 Å². The van der Waals surface area contributed by atoms with Crippen molar-refractivity contribution >= 4 is 17.2 Å². The van der Waals surface area contributed by atoms with Crippen molar-refractivity contribution in [3.63, 3.8) is 0 Å². The second kappa shape index (κ2) is 8.57. The summed E-state index contributed by atoms with van der Waals surface area (Å²) in [6.45, 7) is 2.13. The third-order valence-electron chi connectivity index (χ3n) is 5.56. The third-order valence-corrected chi connectivity index (χ3v) is 5.56. The van der Waals surface area contributed by atoms with Crippen molar-refractivity contribution in [2.45, 2.75) is 50.4 Å². The summed E-state index contributed by atoms with van der Waals surface area (Å²) in [4.78, 5) is 21.3. The molecule has 3 aromatic rings. The first-order valence-corrected chi connectivity index (χ1v) is 10.5. The number of carbonyl (C=O) groups is 1. The number of carbonyl (C=O) groups excluding carboxylic acids is 1. The molecule has 0 aromatic carbocycles. The number of imidazole rings is 1. The Kier molecular flexibility index (Phi) is 5.91. The van der Waals surface area contributed by atoms with E-state index in [0.717, 1.165) is 0 Å². The van der Waals surface area contributed by atoms with Crippen LogP contribution in [-0.4, -0.2) is 60.9 Å². The minimum absolute atomic E-state index is 0.0375. The maximum absolute atomic E-state index is 14.1. The van der Waals surface area contributed by atoms with Gasteiger partial charge in [-0.1, -0.05) is 0 Å². The summed E-state index contributed by atoms with van der Waals surface area (Å²) in [5, 5.41) is 28.3. The number of pyridine rings is 1. The molecule has 1 amide bonds. The molecular weight excluding hydrogens is 451 g/mol. The lowest BCUT2D eigenvalue weighted by Gasteiger charge is -2.36. The summed E-state index contributed by atoms with van der Waals surface area (Å²) < 4.78 is 42.3. The molecule has 1 aliphatic carbocycles. The number of alkyl halides is 3. The largest absolute Gasteiger partial charge is 0.387 e. The molecular formula is C22H22F3N7O2. The number of aromatic nitrogens is 4. The van der Waals surface area contributed by atoms with Gasteiger partial charge in [0.05, 0.1) is 47.0 Å². The van der Waals surface area contributed by atoms with Crippen LogP contribution in [0.5, 0.6) is 0 Å². The van der Waals surface area contributed by atoms with Gasteiger partial charge in [-0.2, -0.15) is 10.4 Å². The van der Waals surface area contributed by atoms with Gasteiger partial charge in [0, 0.05) is 31.1 Å². The van der Waals surface area contributed by atoms with E-state index in [1.165, 1.54) is 43.0 Å². The zero-order valence-corrected chi connectivity index (χ0v) is 18.4. The zero-order valence-electron chi connectivity index (χ0n) is 18.4. The summed E-state index contributed by atoms with van der Waals surface area (Å²) in [7, 11) is 0. The average molecular weight is 473 g/mol. The van der Waals surface area contributed by atoms with E-state index in [1.54, 1.807) is 6.07 Å². The van der Waals surface area contributed by atoms with Crippen LogP contribution >= 0.6 is 0 Å². The Morgan fingerprint density at radius 2 is 2.06 bits per heavy atom. The van der Waals surface area contributed by atoms with Crippen molar-refractivity contribution in [1.29, 1.82) is 5.26 Å². The number of hydrogen-bond acceptors (Lipinski definition) is 7. The molecule has 178 valence electrons. The first-order valence-electron chi connectivity index (χ1n) is 10.5. The number of rotatable bonds is 7. The Balaban J connectivity index is 1.65. The average Bonchev–Trinajstić information content (AvgIpc) is 3.18. The van der Waals surface area contributed by atoms with Gasteiger partial charge in [-0.05, 0) is 19.9 Å². The van der Waals surface area contributed by atoms with E-state index in [0.29, 0.717) is 22.6 Å². The molecule has 1 aliphatic rings. The highest BCUT2D eigenvalue weighted by atomic mass is 19.3. The first kappa shape index (κ1) is 23.4. The minimum Gasteiger partial charge on any atom is -0.387 e. The van der Waals surface area contributed by atoms with E-state index in [1.807, 2.05) is 6.07 Å². The Labute approximate surface area is 192 Å². The number of aliphatic hydroxyl groups is 1. The summed E-state index contributed by atoms with van der Waals surface area (Å²) in [6, 6.07) is 4.48. The van der Waals surface area contributed by atoms with Crippen molar-refractivity contribution in [2.75, 3.05) is 11.9 Å². The van der Waals surface area contributed by atoms with E-state index in [9.17, 15) is 23.1 Å². The summed E-state index contributed by atoms with van der Waals surface area (Å²) in [5.41, 5.74) is 0.186. The van der Waals surface area contributed by atoms with Crippen molar-refractivity contribution in [3.05, 3.63) is 41.9 Å². The molecule has 3 aromatic heterocycles. The smallest absolute Gasteiger partial charge is 0.255 e. The zero-order chi connectivity index (χ0) is 24.7. The number of amides is 1. The van der Waals surface area contributed by atoms with E-state index < -0.39 is 36.2 Å². The SMILES string of the molecule is CC(C)(O)[C@H](F)CNC(=O)c1cnc(-c2cnc3cc(C#N)cnn23)cc1NC1CC(F)(F)C1. The highest BCUT2D eigenvalue weighted by Crippen LogP contribution is 2.39. The molecule has 4 rings (SSSR count). The minimum atomic E-state index is -2.77. The van der Waals surface area contributed by atoms with E-state index in [-0.39, 0.29) is 24.1 Å². The van der Waals surface area contributed by atoms with E-state index >= 15 is 0 Å². The van der Waals surface area contributed by atoms with Gasteiger partial charge < -0.3 is 15.7 Å². The molecule has 0 bridgehead atoms. The topological polar surface area (TPSA) is 128 Å². The normalized spacial score (nSPS) is 16.5. The molecule has 0 saturated heterocycles. The maximum atomic E-state index is 14.1. The molecule has 1 fully saturated rings. The van der Waals surface area contributed by atoms with Crippen molar-refractivity contribution in [3.8, 4) is 17.5 Å². The molecule has 9 nitrogen and oxygen atoms in total. The van der Waals surface area contributed by atoms with Gasteiger partial charge in [-0.25, -0.2) is 22.7 Å². The van der Waals surface area contributed by atoms with Gasteiger partial charge in [0.25, 0.3) is 11.8 Å². The summed E-state index contributed by atoms with van der Waals surface area (Å²) >= 11 is 0. The quantitative estimate of drug-likeness (QED) is 0.481. The lowest BCUT2D eigenvalue weighted by molar-refractivity contribution is -0.0793. The Bertz CT molecular complexity index is 1270. The molecule has 0 radical (unpaired) electrons. The molecule has 12 heteroatoms. The molecule has 0 aliphatic heterocycles. The van der Waals surface area contributed by atoms with Crippen LogP contribution in [0.15, 0.2) is 30.7 Å². The van der Waals surface area contributed by atoms with Crippen LogP contribution in [0.1, 0.15) is 42.6 Å². The summed E-state index contributed by atoms with van der Waals surface area (Å²) in [5.74, 6) is -3.44. The van der Waals surface area contributed by atoms with Gasteiger partial charge >= 0.3 is 0 Å². The van der Waals surface area contributed by atoms with Gasteiger partial charge in [0.15, 0.2) is 5.65 Å². The molecule has 34 heavy (non-hydrogen) atoms. The monoisotopic (exact) mass is 473 g/mol.